The van der Waals surface area contributed by atoms with Crippen molar-refractivity contribution in [2.45, 2.75) is 0 Å². The molecule has 0 saturated carbocycles. The third-order valence-electron chi connectivity index (χ3n) is 5.92. The summed E-state index contributed by atoms with van der Waals surface area (Å²) in [6.45, 7) is 0. The zero-order chi connectivity index (χ0) is 31.1. The van der Waals surface area contributed by atoms with E-state index in [-0.39, 0.29) is 50.3 Å². The first-order valence-electron chi connectivity index (χ1n) is 12.4. The zero-order valence-corrected chi connectivity index (χ0v) is 21.9. The molecule has 4 aromatic rings. The average molecular weight is 583 g/mol. The highest BCUT2D eigenvalue weighted by Crippen LogP contribution is 2.30. The van der Waals surface area contributed by atoms with Crippen LogP contribution in [-0.4, -0.2) is 64.3 Å². The van der Waals surface area contributed by atoms with Crippen LogP contribution >= 0.6 is 0 Å². The highest BCUT2D eigenvalue weighted by atomic mass is 16.6. The molecule has 0 heterocycles. The van der Waals surface area contributed by atoms with Crippen LogP contribution in [0.15, 0.2) is 96.1 Å². The average Bonchev–Trinajstić information content (AvgIpc) is 3.00. The number of rotatable bonds is 10. The number of benzene rings is 4. The molecule has 0 aromatic heterocycles. The summed E-state index contributed by atoms with van der Waals surface area (Å²) in [4.78, 5) is 48.8. The Morgan fingerprint density at radius 2 is 0.767 bits per heavy atom. The maximum Gasteiger partial charge on any atom is 0.517 e. The van der Waals surface area contributed by atoms with Crippen molar-refractivity contribution < 1.29 is 53.7 Å². The Labute approximate surface area is 244 Å². The molecule has 214 valence electrons. The molecule has 0 amide bonds. The summed E-state index contributed by atoms with van der Waals surface area (Å²) in [7, 11) is -5.08. The van der Waals surface area contributed by atoms with Gasteiger partial charge < -0.3 is 39.3 Å². The maximum absolute atomic E-state index is 12.8. The second-order valence-electron chi connectivity index (χ2n) is 8.90. The molecule has 0 unspecified atom stereocenters. The Morgan fingerprint density at radius 3 is 1.02 bits per heavy atom. The van der Waals surface area contributed by atoms with Crippen molar-refractivity contribution in [3.63, 3.8) is 0 Å². The normalized spacial score (nSPS) is 10.3. The lowest BCUT2D eigenvalue weighted by Crippen LogP contribution is -2.29. The Balaban J connectivity index is 1.59. The van der Waals surface area contributed by atoms with E-state index in [1.807, 2.05) is 0 Å². The van der Waals surface area contributed by atoms with E-state index in [2.05, 4.69) is 5.09 Å². The van der Waals surface area contributed by atoms with Gasteiger partial charge in [-0.15, -0.1) is 0 Å². The van der Waals surface area contributed by atoms with Crippen molar-refractivity contribution in [1.29, 1.82) is 0 Å². The van der Waals surface area contributed by atoms with E-state index >= 15 is 0 Å². The standard InChI is InChI=1S/C27H20B3NO12/c32-25(16-1-7-19(8-2-16)28(35)31-40)41-22-13-23(42-26(33)17-3-9-20(10-4-17)29(36)37)15-24(14-22)43-27(34)18-5-11-21(12-6-18)30(38)39/h1-15,35-39H. The van der Waals surface area contributed by atoms with Gasteiger partial charge in [-0.25, -0.2) is 14.4 Å². The zero-order valence-electron chi connectivity index (χ0n) is 21.9. The van der Waals surface area contributed by atoms with Crippen molar-refractivity contribution in [3.05, 3.63) is 113 Å². The molecule has 0 aliphatic heterocycles. The van der Waals surface area contributed by atoms with Gasteiger partial charge in [0.25, 0.3) is 0 Å². The van der Waals surface area contributed by atoms with Crippen LogP contribution in [0, 0.1) is 4.91 Å². The predicted octanol–water partition coefficient (Wildman–Crippen LogP) is -0.842. The molecule has 0 fully saturated rings. The van der Waals surface area contributed by atoms with E-state index < -0.39 is 39.2 Å². The minimum absolute atomic E-state index is 0.0279. The van der Waals surface area contributed by atoms with Crippen LogP contribution in [0.4, 0.5) is 0 Å². The topological polar surface area (TPSA) is 209 Å². The van der Waals surface area contributed by atoms with E-state index in [9.17, 15) is 44.4 Å². The SMILES string of the molecule is O=NB(O)c1ccc(C(=O)Oc2cc(OC(=O)c3ccc(B(O)O)cc3)cc(OC(=O)c3ccc(B(O)O)cc3)c2)cc1. The first-order chi connectivity index (χ1) is 20.5. The van der Waals surface area contributed by atoms with Gasteiger partial charge in [-0.05, 0) is 52.8 Å². The monoisotopic (exact) mass is 583 g/mol. The summed E-state index contributed by atoms with van der Waals surface area (Å²) in [6.07, 6.45) is 0. The molecule has 16 heteroatoms. The summed E-state index contributed by atoms with van der Waals surface area (Å²) in [6, 6.07) is 19.2. The van der Waals surface area contributed by atoms with E-state index in [4.69, 9.17) is 14.2 Å². The van der Waals surface area contributed by atoms with E-state index in [1.165, 1.54) is 91.0 Å². The van der Waals surface area contributed by atoms with Crippen molar-refractivity contribution >= 4 is 55.6 Å². The lowest BCUT2D eigenvalue weighted by molar-refractivity contribution is 0.0730. The smallest absolute Gasteiger partial charge is 0.425 e. The van der Waals surface area contributed by atoms with E-state index in [0.29, 0.717) is 0 Å². The van der Waals surface area contributed by atoms with Gasteiger partial charge in [0.05, 0.1) is 16.7 Å². The summed E-state index contributed by atoms with van der Waals surface area (Å²) < 4.78 is 16.2. The number of carbonyl (C=O) groups excluding carboxylic acids is 3. The molecule has 0 saturated heterocycles. The van der Waals surface area contributed by atoms with Gasteiger partial charge in [0.15, 0.2) is 0 Å². The van der Waals surface area contributed by atoms with Crippen molar-refractivity contribution in [2.24, 2.45) is 5.09 Å². The second kappa shape index (κ2) is 13.7. The fourth-order valence-electron chi connectivity index (χ4n) is 3.66. The summed E-state index contributed by atoms with van der Waals surface area (Å²) in [5.41, 5.74) is 0.558. The first-order valence-corrected chi connectivity index (χ1v) is 12.4. The molecule has 4 aromatic carbocycles. The third-order valence-corrected chi connectivity index (χ3v) is 5.92. The Hall–Kier alpha value is -5.12. The minimum Gasteiger partial charge on any atom is -0.425 e. The van der Waals surface area contributed by atoms with Crippen LogP contribution in [0.2, 0.25) is 0 Å². The van der Waals surface area contributed by atoms with Gasteiger partial charge in [-0.3, -0.25) is 0 Å². The number of esters is 3. The third kappa shape index (κ3) is 8.00. The van der Waals surface area contributed by atoms with Gasteiger partial charge in [0.1, 0.15) is 17.2 Å². The van der Waals surface area contributed by atoms with E-state index in [0.717, 1.165) is 0 Å². The van der Waals surface area contributed by atoms with Gasteiger partial charge in [-0.2, -0.15) is 4.91 Å². The van der Waals surface area contributed by atoms with Crippen molar-refractivity contribution in [3.8, 4) is 17.2 Å². The number of hydrogen-bond donors (Lipinski definition) is 5. The number of nitroso groups, excluding NO2 is 1. The first kappa shape index (κ1) is 30.8. The number of ether oxygens (including phenoxy) is 3. The van der Waals surface area contributed by atoms with Gasteiger partial charge in [-0.1, -0.05) is 41.5 Å². The molecule has 0 aliphatic rings. The molecule has 0 atom stereocenters. The maximum atomic E-state index is 12.8. The molecule has 0 radical (unpaired) electrons. The van der Waals surface area contributed by atoms with Gasteiger partial charge in [0, 0.05) is 18.2 Å². The largest absolute Gasteiger partial charge is 0.517 e. The van der Waals surface area contributed by atoms with Crippen LogP contribution in [-0.2, 0) is 0 Å². The molecule has 0 aliphatic carbocycles. The molecule has 43 heavy (non-hydrogen) atoms. The number of carbonyl (C=O) groups is 3. The summed E-state index contributed by atoms with van der Waals surface area (Å²) in [5, 5.41) is 49.0. The van der Waals surface area contributed by atoms with Crippen LogP contribution in [0.25, 0.3) is 0 Å². The molecule has 13 nitrogen and oxygen atoms in total. The van der Waals surface area contributed by atoms with E-state index in [1.54, 1.807) is 0 Å². The molecular formula is C27H20B3NO12. The predicted molar refractivity (Wildman–Crippen MR) is 154 cm³/mol. The Bertz CT molecular complexity index is 1550. The highest BCUT2D eigenvalue weighted by molar-refractivity contribution is 6.64. The fourth-order valence-corrected chi connectivity index (χ4v) is 3.66. The Kier molecular flexibility index (Phi) is 9.82. The van der Waals surface area contributed by atoms with Crippen LogP contribution in [0.5, 0.6) is 17.2 Å². The van der Waals surface area contributed by atoms with Gasteiger partial charge >= 0.3 is 39.2 Å². The summed E-state index contributed by atoms with van der Waals surface area (Å²) in [5.74, 6) is -3.16. The van der Waals surface area contributed by atoms with Crippen molar-refractivity contribution in [1.82, 2.24) is 0 Å². The molecule has 0 bridgehead atoms. The lowest BCUT2D eigenvalue weighted by atomic mass is 9.76. The van der Waals surface area contributed by atoms with Crippen molar-refractivity contribution in [2.75, 3.05) is 0 Å². The Morgan fingerprint density at radius 1 is 0.488 bits per heavy atom. The summed E-state index contributed by atoms with van der Waals surface area (Å²) >= 11 is 0. The highest BCUT2D eigenvalue weighted by Gasteiger charge is 2.20. The molecule has 4 rings (SSSR count). The molecule has 5 N–H and O–H groups in total. The van der Waals surface area contributed by atoms with Crippen LogP contribution < -0.4 is 30.6 Å². The minimum atomic E-state index is -1.73. The second-order valence-corrected chi connectivity index (χ2v) is 8.90. The molecular weight excluding hydrogens is 563 g/mol. The fraction of sp³-hybridized carbons (Fsp3) is 0. The van der Waals surface area contributed by atoms with Crippen LogP contribution in [0.1, 0.15) is 31.1 Å². The molecule has 0 spiro atoms. The van der Waals surface area contributed by atoms with Gasteiger partial charge in [0.2, 0.25) is 0 Å². The lowest BCUT2D eigenvalue weighted by Gasteiger charge is -2.12. The number of nitrogens with zero attached hydrogens (tertiary/aromatic N) is 1. The number of hydrogen-bond acceptors (Lipinski definition) is 13. The quantitative estimate of drug-likeness (QED) is 0.0670. The van der Waals surface area contributed by atoms with Crippen LogP contribution in [0.3, 0.4) is 0 Å².